The molecule has 0 fully saturated rings. The lowest BCUT2D eigenvalue weighted by Crippen LogP contribution is -2.18. The number of azo groups is 1. The van der Waals surface area contributed by atoms with E-state index in [4.69, 9.17) is 0 Å². The van der Waals surface area contributed by atoms with Crippen LogP contribution in [0.1, 0.15) is 20.3 Å². The summed E-state index contributed by atoms with van der Waals surface area (Å²) in [6.45, 7) is 4.09. The van der Waals surface area contributed by atoms with Crippen molar-refractivity contribution >= 4 is 5.69 Å². The van der Waals surface area contributed by atoms with Crippen molar-refractivity contribution in [2.45, 2.75) is 25.8 Å². The highest BCUT2D eigenvalue weighted by molar-refractivity contribution is 5.49. The molecule has 0 amide bonds. The van der Waals surface area contributed by atoms with Crippen LogP contribution in [0, 0.1) is 0 Å². The Balaban J connectivity index is 2.17. The number of phenols is 1. The van der Waals surface area contributed by atoms with E-state index in [1.165, 1.54) is 5.57 Å². The SMILES string of the molecule is CC1=CCC(C)(N=Nc2ccccc2O)C=C1. The number of allylic oxidation sites excluding steroid dienone is 2. The van der Waals surface area contributed by atoms with E-state index in [1.54, 1.807) is 18.2 Å². The standard InChI is InChI=1S/C14H16N2O/c1-11-7-9-14(2,10-8-11)16-15-12-5-3-4-6-13(12)17/h3-9,17H,10H2,1-2H3. The number of para-hydroxylation sites is 1. The third kappa shape index (κ3) is 2.81. The third-order valence-electron chi connectivity index (χ3n) is 2.81. The van der Waals surface area contributed by atoms with E-state index < -0.39 is 0 Å². The molecule has 0 saturated carbocycles. The molecule has 1 aliphatic carbocycles. The first-order valence-corrected chi connectivity index (χ1v) is 5.66. The molecule has 88 valence electrons. The molecule has 1 aromatic carbocycles. The Labute approximate surface area is 101 Å². The summed E-state index contributed by atoms with van der Waals surface area (Å²) < 4.78 is 0. The summed E-state index contributed by atoms with van der Waals surface area (Å²) in [4.78, 5) is 0. The zero-order valence-corrected chi connectivity index (χ0v) is 10.1. The van der Waals surface area contributed by atoms with Crippen LogP contribution in [0.3, 0.4) is 0 Å². The average Bonchev–Trinajstić information content (AvgIpc) is 2.33. The van der Waals surface area contributed by atoms with Crippen LogP contribution in [0.4, 0.5) is 5.69 Å². The molecular formula is C14H16N2O. The number of benzene rings is 1. The Kier molecular flexibility index (Phi) is 3.09. The normalized spacial score (nSPS) is 24.0. The molecule has 0 spiro atoms. The van der Waals surface area contributed by atoms with Crippen molar-refractivity contribution in [1.29, 1.82) is 0 Å². The van der Waals surface area contributed by atoms with Crippen molar-refractivity contribution in [1.82, 2.24) is 0 Å². The van der Waals surface area contributed by atoms with Crippen LogP contribution in [-0.4, -0.2) is 10.6 Å². The zero-order chi connectivity index (χ0) is 12.3. The maximum absolute atomic E-state index is 9.58. The van der Waals surface area contributed by atoms with Gasteiger partial charge < -0.3 is 5.11 Å². The van der Waals surface area contributed by atoms with E-state index in [-0.39, 0.29) is 11.3 Å². The number of aromatic hydroxyl groups is 1. The minimum Gasteiger partial charge on any atom is -0.506 e. The summed E-state index contributed by atoms with van der Waals surface area (Å²) in [7, 11) is 0. The first-order valence-electron chi connectivity index (χ1n) is 5.66. The highest BCUT2D eigenvalue weighted by Gasteiger charge is 2.21. The Morgan fingerprint density at radius 2 is 2.06 bits per heavy atom. The molecule has 0 aromatic heterocycles. The molecule has 1 N–H and O–H groups in total. The van der Waals surface area contributed by atoms with Crippen LogP contribution < -0.4 is 0 Å². The van der Waals surface area contributed by atoms with Crippen molar-refractivity contribution in [3.63, 3.8) is 0 Å². The average molecular weight is 228 g/mol. The summed E-state index contributed by atoms with van der Waals surface area (Å²) >= 11 is 0. The molecular weight excluding hydrogens is 212 g/mol. The van der Waals surface area contributed by atoms with Crippen molar-refractivity contribution in [3.05, 3.63) is 48.1 Å². The minimum absolute atomic E-state index is 0.159. The van der Waals surface area contributed by atoms with E-state index in [0.29, 0.717) is 5.69 Å². The predicted molar refractivity (Wildman–Crippen MR) is 68.5 cm³/mol. The fraction of sp³-hybridized carbons (Fsp3) is 0.286. The lowest BCUT2D eigenvalue weighted by Gasteiger charge is -2.21. The maximum atomic E-state index is 9.58. The van der Waals surface area contributed by atoms with E-state index in [1.807, 2.05) is 25.1 Å². The Morgan fingerprint density at radius 1 is 1.29 bits per heavy atom. The Hall–Kier alpha value is -1.90. The van der Waals surface area contributed by atoms with Crippen molar-refractivity contribution in [3.8, 4) is 5.75 Å². The number of nitrogens with zero attached hydrogens (tertiary/aromatic N) is 2. The van der Waals surface area contributed by atoms with E-state index in [0.717, 1.165) is 6.42 Å². The summed E-state index contributed by atoms with van der Waals surface area (Å²) in [6, 6.07) is 6.95. The van der Waals surface area contributed by atoms with Crippen LogP contribution in [-0.2, 0) is 0 Å². The lowest BCUT2D eigenvalue weighted by atomic mass is 9.92. The van der Waals surface area contributed by atoms with Gasteiger partial charge in [0.25, 0.3) is 0 Å². The van der Waals surface area contributed by atoms with E-state index >= 15 is 0 Å². The van der Waals surface area contributed by atoms with Gasteiger partial charge in [-0.3, -0.25) is 0 Å². The van der Waals surface area contributed by atoms with Gasteiger partial charge in [-0.2, -0.15) is 10.2 Å². The van der Waals surface area contributed by atoms with Gasteiger partial charge in [0, 0.05) is 0 Å². The molecule has 1 aliphatic rings. The van der Waals surface area contributed by atoms with Gasteiger partial charge >= 0.3 is 0 Å². The second-order valence-electron chi connectivity index (χ2n) is 4.53. The summed E-state index contributed by atoms with van der Waals surface area (Å²) in [5.41, 5.74) is 1.45. The lowest BCUT2D eigenvalue weighted by molar-refractivity contribution is 0.474. The quantitative estimate of drug-likeness (QED) is 0.759. The minimum atomic E-state index is -0.304. The molecule has 0 bridgehead atoms. The van der Waals surface area contributed by atoms with Gasteiger partial charge in [0.05, 0.1) is 0 Å². The number of rotatable bonds is 2. The van der Waals surface area contributed by atoms with Crippen molar-refractivity contribution in [2.24, 2.45) is 10.2 Å². The monoisotopic (exact) mass is 228 g/mol. The van der Waals surface area contributed by atoms with Gasteiger partial charge in [0.15, 0.2) is 0 Å². The van der Waals surface area contributed by atoms with Crippen LogP contribution in [0.2, 0.25) is 0 Å². The van der Waals surface area contributed by atoms with Gasteiger partial charge in [-0.25, -0.2) is 0 Å². The summed E-state index contributed by atoms with van der Waals surface area (Å²) in [5, 5.41) is 18.0. The fourth-order valence-electron chi connectivity index (χ4n) is 1.61. The van der Waals surface area contributed by atoms with Gasteiger partial charge in [-0.1, -0.05) is 35.9 Å². The van der Waals surface area contributed by atoms with Gasteiger partial charge in [-0.15, -0.1) is 0 Å². The van der Waals surface area contributed by atoms with Crippen LogP contribution >= 0.6 is 0 Å². The second-order valence-corrected chi connectivity index (χ2v) is 4.53. The molecule has 1 atom stereocenters. The summed E-state index contributed by atoms with van der Waals surface area (Å²) in [5.74, 6) is 0.159. The molecule has 3 heteroatoms. The molecule has 1 unspecified atom stereocenters. The molecule has 2 rings (SSSR count). The largest absolute Gasteiger partial charge is 0.506 e. The van der Waals surface area contributed by atoms with Crippen LogP contribution in [0.25, 0.3) is 0 Å². The predicted octanol–water partition coefficient (Wildman–Crippen LogP) is 4.14. The Morgan fingerprint density at radius 3 is 2.71 bits per heavy atom. The molecule has 3 nitrogen and oxygen atoms in total. The molecule has 0 saturated heterocycles. The van der Waals surface area contributed by atoms with Gasteiger partial charge in [0.2, 0.25) is 0 Å². The highest BCUT2D eigenvalue weighted by atomic mass is 16.3. The first-order chi connectivity index (χ1) is 8.09. The number of hydrogen-bond acceptors (Lipinski definition) is 3. The maximum Gasteiger partial charge on any atom is 0.143 e. The molecule has 0 aliphatic heterocycles. The molecule has 0 radical (unpaired) electrons. The van der Waals surface area contributed by atoms with Gasteiger partial charge in [-0.05, 0) is 32.4 Å². The molecule has 0 heterocycles. The fourth-order valence-corrected chi connectivity index (χ4v) is 1.61. The van der Waals surface area contributed by atoms with Crippen molar-refractivity contribution in [2.75, 3.05) is 0 Å². The molecule has 1 aromatic rings. The third-order valence-corrected chi connectivity index (χ3v) is 2.81. The number of hydrogen-bond donors (Lipinski definition) is 1. The smallest absolute Gasteiger partial charge is 0.143 e. The van der Waals surface area contributed by atoms with Crippen LogP contribution in [0.5, 0.6) is 5.75 Å². The molecule has 17 heavy (non-hydrogen) atoms. The Bertz CT molecular complexity index is 503. The topological polar surface area (TPSA) is 45.0 Å². The van der Waals surface area contributed by atoms with E-state index in [2.05, 4.69) is 23.2 Å². The van der Waals surface area contributed by atoms with Crippen molar-refractivity contribution < 1.29 is 5.11 Å². The second kappa shape index (κ2) is 4.53. The summed E-state index contributed by atoms with van der Waals surface area (Å²) in [6.07, 6.45) is 7.08. The number of phenolic OH excluding ortho intramolecular Hbond substituents is 1. The van der Waals surface area contributed by atoms with Gasteiger partial charge in [0.1, 0.15) is 17.0 Å². The van der Waals surface area contributed by atoms with Crippen LogP contribution in [0.15, 0.2) is 58.3 Å². The first kappa shape index (κ1) is 11.6. The zero-order valence-electron chi connectivity index (χ0n) is 10.1. The highest BCUT2D eigenvalue weighted by Crippen LogP contribution is 2.30. The van der Waals surface area contributed by atoms with E-state index in [9.17, 15) is 5.11 Å².